The standard InChI is InChI=1S/C33H31FN4O5S/c1-40-31-18-26-27(19-32(31)42-14-2-11-38-12-15-41-16-13-38)35-10-9-30(26)43-25-8-7-24(36-20-25)17-29(39)28-21-44-33(37-28)22-3-5-23(34)6-4-22/h3-10,18-21H,2,11-17H2,1H3. The fourth-order valence-electron chi connectivity index (χ4n) is 4.87. The first-order chi connectivity index (χ1) is 21.6. The van der Waals surface area contributed by atoms with E-state index < -0.39 is 0 Å². The number of hydrogen-bond acceptors (Lipinski definition) is 10. The zero-order chi connectivity index (χ0) is 30.3. The molecule has 0 radical (unpaired) electrons. The zero-order valence-corrected chi connectivity index (χ0v) is 25.0. The van der Waals surface area contributed by atoms with Crippen molar-refractivity contribution in [1.82, 2.24) is 19.9 Å². The van der Waals surface area contributed by atoms with Crippen LogP contribution in [0.4, 0.5) is 4.39 Å². The van der Waals surface area contributed by atoms with E-state index in [1.54, 1.807) is 55.2 Å². The summed E-state index contributed by atoms with van der Waals surface area (Å²) in [6.45, 7) is 4.99. The normalized spacial score (nSPS) is 13.6. The average molecular weight is 615 g/mol. The highest BCUT2D eigenvalue weighted by molar-refractivity contribution is 7.13. The summed E-state index contributed by atoms with van der Waals surface area (Å²) in [5, 5.41) is 3.14. The molecular formula is C33H31FN4O5S. The highest BCUT2D eigenvalue weighted by atomic mass is 32.1. The number of ether oxygens (including phenoxy) is 4. The minimum atomic E-state index is -0.318. The largest absolute Gasteiger partial charge is 0.493 e. The Morgan fingerprint density at radius 1 is 1.02 bits per heavy atom. The van der Waals surface area contributed by atoms with Crippen molar-refractivity contribution >= 4 is 28.0 Å². The molecule has 3 aromatic heterocycles. The Morgan fingerprint density at radius 2 is 1.86 bits per heavy atom. The van der Waals surface area contributed by atoms with Crippen molar-refractivity contribution in [3.63, 3.8) is 0 Å². The number of benzene rings is 2. The molecule has 226 valence electrons. The van der Waals surface area contributed by atoms with Crippen LogP contribution in [0.25, 0.3) is 21.5 Å². The van der Waals surface area contributed by atoms with Gasteiger partial charge in [-0.3, -0.25) is 19.7 Å². The molecule has 11 heteroatoms. The maximum absolute atomic E-state index is 13.2. The van der Waals surface area contributed by atoms with Crippen LogP contribution in [0.1, 0.15) is 22.6 Å². The van der Waals surface area contributed by atoms with Crippen LogP contribution in [0.3, 0.4) is 0 Å². The topological polar surface area (TPSA) is 95.9 Å². The Morgan fingerprint density at radius 3 is 2.64 bits per heavy atom. The van der Waals surface area contributed by atoms with Gasteiger partial charge in [0.05, 0.1) is 45.1 Å². The lowest BCUT2D eigenvalue weighted by atomic mass is 10.1. The van der Waals surface area contributed by atoms with Gasteiger partial charge in [0.15, 0.2) is 17.3 Å². The summed E-state index contributed by atoms with van der Waals surface area (Å²) in [6.07, 6.45) is 4.26. The maximum atomic E-state index is 13.2. The molecular weight excluding hydrogens is 583 g/mol. The number of pyridine rings is 2. The molecule has 1 fully saturated rings. The second-order valence-electron chi connectivity index (χ2n) is 10.2. The Kier molecular flexibility index (Phi) is 9.35. The molecule has 0 saturated carbocycles. The molecule has 0 spiro atoms. The number of carbonyl (C=O) groups is 1. The molecule has 1 saturated heterocycles. The Bertz CT molecular complexity index is 1720. The molecule has 6 rings (SSSR count). The molecule has 0 unspecified atom stereocenters. The number of halogens is 1. The summed E-state index contributed by atoms with van der Waals surface area (Å²) in [5.74, 6) is 1.87. The highest BCUT2D eigenvalue weighted by Gasteiger charge is 2.16. The molecule has 0 aliphatic carbocycles. The van der Waals surface area contributed by atoms with E-state index in [2.05, 4.69) is 19.9 Å². The summed E-state index contributed by atoms with van der Waals surface area (Å²) in [6, 6.07) is 15.1. The van der Waals surface area contributed by atoms with Gasteiger partial charge in [0, 0.05) is 53.9 Å². The third-order valence-corrected chi connectivity index (χ3v) is 8.11. The van der Waals surface area contributed by atoms with E-state index in [-0.39, 0.29) is 18.0 Å². The van der Waals surface area contributed by atoms with Gasteiger partial charge in [-0.15, -0.1) is 11.3 Å². The van der Waals surface area contributed by atoms with E-state index in [4.69, 9.17) is 18.9 Å². The Hall–Kier alpha value is -4.45. The van der Waals surface area contributed by atoms with Gasteiger partial charge in [0.1, 0.15) is 28.0 Å². The molecule has 1 aliphatic rings. The molecule has 2 aromatic carbocycles. The van der Waals surface area contributed by atoms with Crippen LogP contribution < -0.4 is 14.2 Å². The number of hydrogen-bond donors (Lipinski definition) is 0. The van der Waals surface area contributed by atoms with Crippen LogP contribution in [-0.4, -0.2) is 72.2 Å². The minimum Gasteiger partial charge on any atom is -0.493 e. The van der Waals surface area contributed by atoms with E-state index in [1.165, 1.54) is 23.5 Å². The van der Waals surface area contributed by atoms with Crippen molar-refractivity contribution in [3.8, 4) is 33.6 Å². The van der Waals surface area contributed by atoms with Crippen molar-refractivity contribution in [2.45, 2.75) is 12.8 Å². The van der Waals surface area contributed by atoms with Crippen molar-refractivity contribution in [3.05, 3.63) is 89.6 Å². The van der Waals surface area contributed by atoms with Gasteiger partial charge in [-0.25, -0.2) is 9.37 Å². The van der Waals surface area contributed by atoms with Crippen LogP contribution in [-0.2, 0) is 11.2 Å². The lowest BCUT2D eigenvalue weighted by Gasteiger charge is -2.26. The number of fused-ring (bicyclic) bond motifs is 1. The van der Waals surface area contributed by atoms with Crippen molar-refractivity contribution in [1.29, 1.82) is 0 Å². The van der Waals surface area contributed by atoms with Crippen LogP contribution in [0.15, 0.2) is 72.4 Å². The maximum Gasteiger partial charge on any atom is 0.187 e. The molecule has 1 aliphatic heterocycles. The number of carbonyl (C=O) groups excluding carboxylic acids is 1. The number of methoxy groups -OCH3 is 1. The first kappa shape index (κ1) is 29.6. The molecule has 4 heterocycles. The molecule has 9 nitrogen and oxygen atoms in total. The second kappa shape index (κ2) is 13.9. The van der Waals surface area contributed by atoms with E-state index in [0.717, 1.165) is 50.2 Å². The molecule has 0 bridgehead atoms. The van der Waals surface area contributed by atoms with Gasteiger partial charge in [-0.2, -0.15) is 0 Å². The highest BCUT2D eigenvalue weighted by Crippen LogP contribution is 2.37. The van der Waals surface area contributed by atoms with Crippen LogP contribution >= 0.6 is 11.3 Å². The SMILES string of the molecule is COc1cc2c(Oc3ccc(CC(=O)c4csc(-c5ccc(F)cc5)n4)nc3)ccnc2cc1OCCCN1CCOCC1. The van der Waals surface area contributed by atoms with Crippen molar-refractivity contribution in [2.75, 3.05) is 46.6 Å². The summed E-state index contributed by atoms with van der Waals surface area (Å²) >= 11 is 1.34. The quantitative estimate of drug-likeness (QED) is 0.120. The van der Waals surface area contributed by atoms with E-state index >= 15 is 0 Å². The first-order valence-corrected chi connectivity index (χ1v) is 15.2. The summed E-state index contributed by atoms with van der Waals surface area (Å²) in [7, 11) is 1.61. The fourth-order valence-corrected chi connectivity index (χ4v) is 5.70. The Labute approximate surface area is 258 Å². The molecule has 0 atom stereocenters. The van der Waals surface area contributed by atoms with Crippen molar-refractivity contribution in [2.24, 2.45) is 0 Å². The molecule has 0 N–H and O–H groups in total. The van der Waals surface area contributed by atoms with Gasteiger partial charge in [-0.1, -0.05) is 0 Å². The monoisotopic (exact) mass is 614 g/mol. The zero-order valence-electron chi connectivity index (χ0n) is 24.2. The number of aromatic nitrogens is 3. The van der Waals surface area contributed by atoms with E-state index in [0.29, 0.717) is 51.5 Å². The predicted octanol–water partition coefficient (Wildman–Crippen LogP) is 6.22. The lowest BCUT2D eigenvalue weighted by molar-refractivity contribution is 0.0357. The van der Waals surface area contributed by atoms with E-state index in [1.807, 2.05) is 12.1 Å². The van der Waals surface area contributed by atoms with Crippen LogP contribution in [0, 0.1) is 5.82 Å². The minimum absolute atomic E-state index is 0.0947. The number of nitrogens with zero attached hydrogens (tertiary/aromatic N) is 4. The second-order valence-corrected chi connectivity index (χ2v) is 11.1. The number of thiazole rings is 1. The van der Waals surface area contributed by atoms with Gasteiger partial charge >= 0.3 is 0 Å². The number of Topliss-reactive ketones (excluding diaryl/α,β-unsaturated/α-hetero) is 1. The van der Waals surface area contributed by atoms with Gasteiger partial charge in [0.2, 0.25) is 0 Å². The Balaban J connectivity index is 1.08. The van der Waals surface area contributed by atoms with Crippen LogP contribution in [0.2, 0.25) is 0 Å². The molecule has 44 heavy (non-hydrogen) atoms. The lowest BCUT2D eigenvalue weighted by Crippen LogP contribution is -2.37. The number of rotatable bonds is 12. The number of ketones is 1. The summed E-state index contributed by atoms with van der Waals surface area (Å²) in [5.41, 5.74) is 2.42. The summed E-state index contributed by atoms with van der Waals surface area (Å²) in [4.78, 5) is 28.6. The third kappa shape index (κ3) is 7.19. The fraction of sp³-hybridized carbons (Fsp3) is 0.273. The van der Waals surface area contributed by atoms with Crippen molar-refractivity contribution < 1.29 is 28.1 Å². The first-order valence-electron chi connectivity index (χ1n) is 14.3. The molecule has 0 amide bonds. The number of morpholine rings is 1. The molecule has 5 aromatic rings. The summed E-state index contributed by atoms with van der Waals surface area (Å²) < 4.78 is 36.5. The van der Waals surface area contributed by atoms with E-state index in [9.17, 15) is 9.18 Å². The smallest absolute Gasteiger partial charge is 0.187 e. The average Bonchev–Trinajstić information content (AvgIpc) is 3.55. The third-order valence-electron chi connectivity index (χ3n) is 7.22. The van der Waals surface area contributed by atoms with Gasteiger partial charge in [-0.05, 0) is 55.0 Å². The van der Waals surface area contributed by atoms with Gasteiger partial charge in [0.25, 0.3) is 0 Å². The predicted molar refractivity (Wildman–Crippen MR) is 166 cm³/mol. The van der Waals surface area contributed by atoms with Gasteiger partial charge < -0.3 is 18.9 Å². The van der Waals surface area contributed by atoms with Crippen LogP contribution in [0.5, 0.6) is 23.0 Å².